The highest BCUT2D eigenvalue weighted by Gasteiger charge is 2.32. The van der Waals surface area contributed by atoms with Gasteiger partial charge in [-0.05, 0) is 25.8 Å². The number of hydrogen-bond donors (Lipinski definition) is 2. The summed E-state index contributed by atoms with van der Waals surface area (Å²) in [5.41, 5.74) is 0.176. The molecule has 4 nitrogen and oxygen atoms in total. The molecule has 1 aromatic heterocycles. The fraction of sp³-hybridized carbons (Fsp3) is 0.769. The molecule has 0 amide bonds. The Hall–Kier alpha value is -0.870. The van der Waals surface area contributed by atoms with Gasteiger partial charge < -0.3 is 15.0 Å². The van der Waals surface area contributed by atoms with Gasteiger partial charge in [-0.3, -0.25) is 0 Å². The predicted octanol–water partition coefficient (Wildman–Crippen LogP) is 1.42. The van der Waals surface area contributed by atoms with E-state index in [-0.39, 0.29) is 5.41 Å². The Balaban J connectivity index is 1.59. The van der Waals surface area contributed by atoms with Gasteiger partial charge in [0.25, 0.3) is 0 Å². The first-order valence-corrected chi connectivity index (χ1v) is 6.62. The second kappa shape index (κ2) is 6.17. The molecule has 1 aliphatic carbocycles. The molecule has 2 rings (SSSR count). The summed E-state index contributed by atoms with van der Waals surface area (Å²) in [6.45, 7) is 3.33. The zero-order valence-corrected chi connectivity index (χ0v) is 10.4. The molecule has 2 N–H and O–H groups in total. The molecule has 1 heterocycles. The van der Waals surface area contributed by atoms with E-state index in [0.29, 0.717) is 6.61 Å². The molecule has 1 saturated carbocycles. The summed E-state index contributed by atoms with van der Waals surface area (Å²) in [5.74, 6) is 0. The van der Waals surface area contributed by atoms with Gasteiger partial charge in [-0.2, -0.15) is 0 Å². The quantitative estimate of drug-likeness (QED) is 0.705. The monoisotopic (exact) mass is 237 g/mol. The van der Waals surface area contributed by atoms with Crippen molar-refractivity contribution in [3.63, 3.8) is 0 Å². The highest BCUT2D eigenvalue weighted by molar-refractivity contribution is 4.86. The Kier molecular flexibility index (Phi) is 4.57. The number of nitrogens with one attached hydrogen (secondary N) is 1. The van der Waals surface area contributed by atoms with Gasteiger partial charge in [0.2, 0.25) is 0 Å². The van der Waals surface area contributed by atoms with Crippen LogP contribution < -0.4 is 5.32 Å². The molecule has 0 atom stereocenters. The topological polar surface area (TPSA) is 50.1 Å². The van der Waals surface area contributed by atoms with Crippen LogP contribution in [0.25, 0.3) is 0 Å². The van der Waals surface area contributed by atoms with Gasteiger partial charge in [-0.1, -0.05) is 12.8 Å². The zero-order chi connectivity index (χ0) is 12.0. The first-order chi connectivity index (χ1) is 8.35. The van der Waals surface area contributed by atoms with Crippen LogP contribution in [0.2, 0.25) is 0 Å². The van der Waals surface area contributed by atoms with E-state index in [1.54, 1.807) is 0 Å². The minimum Gasteiger partial charge on any atom is -0.396 e. The molecule has 0 spiro atoms. The fourth-order valence-corrected chi connectivity index (χ4v) is 2.67. The predicted molar refractivity (Wildman–Crippen MR) is 67.7 cm³/mol. The minimum absolute atomic E-state index is 0.176. The molecule has 1 fully saturated rings. The molecule has 1 aromatic rings. The number of hydrogen-bond acceptors (Lipinski definition) is 3. The number of imidazole rings is 1. The summed E-state index contributed by atoms with van der Waals surface area (Å²) in [5, 5.41) is 13.0. The number of nitrogens with zero attached hydrogens (tertiary/aromatic N) is 2. The maximum atomic E-state index is 9.47. The Bertz CT molecular complexity index is 304. The first kappa shape index (κ1) is 12.6. The SMILES string of the molecule is OCC1(CNCCCn2ccnc2)CCCC1. The minimum atomic E-state index is 0.176. The third kappa shape index (κ3) is 3.54. The third-order valence-corrected chi connectivity index (χ3v) is 3.83. The molecule has 0 bridgehead atoms. The van der Waals surface area contributed by atoms with E-state index in [4.69, 9.17) is 0 Å². The van der Waals surface area contributed by atoms with Crippen LogP contribution in [0.5, 0.6) is 0 Å². The van der Waals surface area contributed by atoms with Crippen LogP contribution in [0.3, 0.4) is 0 Å². The number of aliphatic hydroxyl groups excluding tert-OH is 1. The fourth-order valence-electron chi connectivity index (χ4n) is 2.67. The molecular formula is C13H23N3O. The van der Waals surface area contributed by atoms with Gasteiger partial charge in [0.15, 0.2) is 0 Å². The number of aromatic nitrogens is 2. The van der Waals surface area contributed by atoms with E-state index in [1.807, 2.05) is 18.7 Å². The second-order valence-corrected chi connectivity index (χ2v) is 5.20. The lowest BCUT2D eigenvalue weighted by atomic mass is 9.87. The van der Waals surface area contributed by atoms with E-state index in [1.165, 1.54) is 25.7 Å². The van der Waals surface area contributed by atoms with E-state index >= 15 is 0 Å². The van der Waals surface area contributed by atoms with E-state index in [2.05, 4.69) is 14.9 Å². The molecule has 4 heteroatoms. The van der Waals surface area contributed by atoms with Crippen molar-refractivity contribution in [3.8, 4) is 0 Å². The van der Waals surface area contributed by atoms with Crippen molar-refractivity contribution in [2.45, 2.75) is 38.6 Å². The van der Waals surface area contributed by atoms with Gasteiger partial charge in [-0.25, -0.2) is 4.98 Å². The maximum Gasteiger partial charge on any atom is 0.0945 e. The van der Waals surface area contributed by atoms with Gasteiger partial charge in [-0.15, -0.1) is 0 Å². The van der Waals surface area contributed by atoms with Crippen LogP contribution >= 0.6 is 0 Å². The van der Waals surface area contributed by atoms with Gasteiger partial charge in [0, 0.05) is 37.5 Å². The van der Waals surface area contributed by atoms with Gasteiger partial charge >= 0.3 is 0 Å². The summed E-state index contributed by atoms with van der Waals surface area (Å²) >= 11 is 0. The Morgan fingerprint density at radius 3 is 2.82 bits per heavy atom. The molecular weight excluding hydrogens is 214 g/mol. The molecule has 0 aliphatic heterocycles. The van der Waals surface area contributed by atoms with E-state index in [9.17, 15) is 5.11 Å². The highest BCUT2D eigenvalue weighted by Crippen LogP contribution is 2.36. The van der Waals surface area contributed by atoms with Crippen molar-refractivity contribution in [2.24, 2.45) is 5.41 Å². The molecule has 17 heavy (non-hydrogen) atoms. The van der Waals surface area contributed by atoms with Gasteiger partial charge in [0.1, 0.15) is 0 Å². The summed E-state index contributed by atoms with van der Waals surface area (Å²) < 4.78 is 2.10. The lowest BCUT2D eigenvalue weighted by molar-refractivity contribution is 0.128. The smallest absolute Gasteiger partial charge is 0.0945 e. The zero-order valence-electron chi connectivity index (χ0n) is 10.4. The second-order valence-electron chi connectivity index (χ2n) is 5.20. The molecule has 0 unspecified atom stereocenters. The van der Waals surface area contributed by atoms with Crippen molar-refractivity contribution in [2.75, 3.05) is 19.7 Å². The summed E-state index contributed by atoms with van der Waals surface area (Å²) in [7, 11) is 0. The van der Waals surface area contributed by atoms with Crippen molar-refractivity contribution in [1.29, 1.82) is 0 Å². The Morgan fingerprint density at radius 1 is 1.35 bits per heavy atom. The van der Waals surface area contributed by atoms with E-state index in [0.717, 1.165) is 26.1 Å². The van der Waals surface area contributed by atoms with Crippen molar-refractivity contribution >= 4 is 0 Å². The van der Waals surface area contributed by atoms with E-state index < -0.39 is 0 Å². The van der Waals surface area contributed by atoms with Crippen LogP contribution in [0.15, 0.2) is 18.7 Å². The molecule has 0 radical (unpaired) electrons. The van der Waals surface area contributed by atoms with Crippen LogP contribution in [-0.2, 0) is 6.54 Å². The number of aryl methyl sites for hydroxylation is 1. The first-order valence-electron chi connectivity index (χ1n) is 6.62. The average Bonchev–Trinajstić information content (AvgIpc) is 3.00. The maximum absolute atomic E-state index is 9.47. The van der Waals surface area contributed by atoms with Crippen LogP contribution in [0, 0.1) is 5.41 Å². The Morgan fingerprint density at radius 2 is 2.18 bits per heavy atom. The largest absolute Gasteiger partial charge is 0.396 e. The van der Waals surface area contributed by atoms with Crippen molar-refractivity contribution in [3.05, 3.63) is 18.7 Å². The van der Waals surface area contributed by atoms with Crippen molar-refractivity contribution in [1.82, 2.24) is 14.9 Å². The molecule has 1 aliphatic rings. The number of rotatable bonds is 7. The molecule has 0 aromatic carbocycles. The summed E-state index contributed by atoms with van der Waals surface area (Å²) in [6, 6.07) is 0. The Labute approximate surface area is 103 Å². The highest BCUT2D eigenvalue weighted by atomic mass is 16.3. The van der Waals surface area contributed by atoms with Crippen LogP contribution in [0.1, 0.15) is 32.1 Å². The lowest BCUT2D eigenvalue weighted by Gasteiger charge is -2.26. The average molecular weight is 237 g/mol. The number of aliphatic hydroxyl groups is 1. The molecule has 96 valence electrons. The standard InChI is InChI=1S/C13H23N3O/c17-11-13(4-1-2-5-13)10-14-6-3-8-16-9-7-15-12-16/h7,9,12,14,17H,1-6,8,10-11H2. The molecule has 0 saturated heterocycles. The van der Waals surface area contributed by atoms with Crippen LogP contribution in [0.4, 0.5) is 0 Å². The third-order valence-electron chi connectivity index (χ3n) is 3.83. The summed E-state index contributed by atoms with van der Waals surface area (Å²) in [6.07, 6.45) is 11.7. The lowest BCUT2D eigenvalue weighted by Crippen LogP contribution is -2.35. The van der Waals surface area contributed by atoms with Crippen LogP contribution in [-0.4, -0.2) is 34.4 Å². The normalized spacial score (nSPS) is 18.6. The summed E-state index contributed by atoms with van der Waals surface area (Å²) in [4.78, 5) is 4.02. The van der Waals surface area contributed by atoms with Crippen molar-refractivity contribution < 1.29 is 5.11 Å². The van der Waals surface area contributed by atoms with Gasteiger partial charge in [0.05, 0.1) is 6.33 Å².